The van der Waals surface area contributed by atoms with Crippen molar-refractivity contribution in [3.8, 4) is 0 Å². The van der Waals surface area contributed by atoms with Gasteiger partial charge < -0.3 is 20.4 Å². The van der Waals surface area contributed by atoms with Crippen LogP contribution in [0.4, 0.5) is 4.79 Å². The first-order valence-electron chi connectivity index (χ1n) is 6.12. The van der Waals surface area contributed by atoms with E-state index in [4.69, 9.17) is 0 Å². The van der Waals surface area contributed by atoms with E-state index in [9.17, 15) is 9.59 Å². The molecule has 1 aliphatic rings. The highest BCUT2D eigenvalue weighted by atomic mass is 16.2. The van der Waals surface area contributed by atoms with Gasteiger partial charge in [0.05, 0.1) is 0 Å². The summed E-state index contributed by atoms with van der Waals surface area (Å²) in [6.45, 7) is 5.84. The molecule has 0 saturated carbocycles. The van der Waals surface area contributed by atoms with E-state index >= 15 is 0 Å². The van der Waals surface area contributed by atoms with Crippen LogP contribution in [-0.2, 0) is 4.79 Å². The first-order valence-corrected chi connectivity index (χ1v) is 6.12. The highest BCUT2D eigenvalue weighted by Crippen LogP contribution is 1.98. The highest BCUT2D eigenvalue weighted by molar-refractivity contribution is 5.83. The van der Waals surface area contributed by atoms with Crippen LogP contribution >= 0.6 is 0 Å². The summed E-state index contributed by atoms with van der Waals surface area (Å²) in [6, 6.07) is -0.0712. The molecule has 0 spiro atoms. The Kier molecular flexibility index (Phi) is 5.76. The molecule has 6 nitrogen and oxygen atoms in total. The summed E-state index contributed by atoms with van der Waals surface area (Å²) in [4.78, 5) is 26.7. The molecule has 1 heterocycles. The zero-order chi connectivity index (χ0) is 12.7. The molecule has 0 bridgehead atoms. The lowest BCUT2D eigenvalue weighted by atomic mass is 10.4. The summed E-state index contributed by atoms with van der Waals surface area (Å²) >= 11 is 0. The maximum atomic E-state index is 12.0. The highest BCUT2D eigenvalue weighted by Gasteiger charge is 2.20. The standard InChI is InChI=1S/C11H22N4O2/c1-3-4-13-10(16)9-14(2)11(17)15-7-5-12-6-8-15/h12H,3-9H2,1-2H3,(H,13,16). The maximum absolute atomic E-state index is 12.0. The minimum Gasteiger partial charge on any atom is -0.355 e. The number of amides is 3. The number of carbonyl (C=O) groups is 2. The molecule has 0 radical (unpaired) electrons. The molecule has 0 aromatic rings. The largest absolute Gasteiger partial charge is 0.355 e. The number of hydrogen-bond donors (Lipinski definition) is 2. The smallest absolute Gasteiger partial charge is 0.320 e. The van der Waals surface area contributed by atoms with Crippen molar-refractivity contribution in [1.29, 1.82) is 0 Å². The second-order valence-corrected chi connectivity index (χ2v) is 4.23. The number of nitrogens with zero attached hydrogens (tertiary/aromatic N) is 2. The zero-order valence-electron chi connectivity index (χ0n) is 10.7. The third kappa shape index (κ3) is 4.60. The Balaban J connectivity index is 2.32. The molecule has 0 aromatic heterocycles. The van der Waals surface area contributed by atoms with Crippen LogP contribution in [0.2, 0.25) is 0 Å². The number of urea groups is 1. The Morgan fingerprint density at radius 2 is 2.00 bits per heavy atom. The van der Waals surface area contributed by atoms with E-state index < -0.39 is 0 Å². The average Bonchev–Trinajstić information content (AvgIpc) is 2.36. The Hall–Kier alpha value is -1.30. The van der Waals surface area contributed by atoms with Gasteiger partial charge in [-0.1, -0.05) is 6.92 Å². The van der Waals surface area contributed by atoms with Crippen molar-refractivity contribution >= 4 is 11.9 Å². The van der Waals surface area contributed by atoms with Crippen molar-refractivity contribution < 1.29 is 9.59 Å². The lowest BCUT2D eigenvalue weighted by Gasteiger charge is -2.31. The molecule has 0 unspecified atom stereocenters. The predicted molar refractivity (Wildman–Crippen MR) is 65.8 cm³/mol. The Labute approximate surface area is 102 Å². The van der Waals surface area contributed by atoms with Crippen LogP contribution in [0.5, 0.6) is 0 Å². The molecule has 0 aliphatic carbocycles. The average molecular weight is 242 g/mol. The molecule has 0 atom stereocenters. The van der Waals surface area contributed by atoms with E-state index in [1.165, 1.54) is 4.90 Å². The first-order chi connectivity index (χ1) is 8.15. The third-order valence-corrected chi connectivity index (χ3v) is 2.67. The van der Waals surface area contributed by atoms with Gasteiger partial charge in [-0.2, -0.15) is 0 Å². The van der Waals surface area contributed by atoms with Crippen molar-refractivity contribution in [3.05, 3.63) is 0 Å². The van der Waals surface area contributed by atoms with Gasteiger partial charge in [-0.15, -0.1) is 0 Å². The Morgan fingerprint density at radius 3 is 2.59 bits per heavy atom. The molecule has 98 valence electrons. The normalized spacial score (nSPS) is 15.5. The topological polar surface area (TPSA) is 64.7 Å². The van der Waals surface area contributed by atoms with E-state index in [-0.39, 0.29) is 18.5 Å². The predicted octanol–water partition coefficient (Wildman–Crippen LogP) is -0.530. The fraction of sp³-hybridized carbons (Fsp3) is 0.818. The molecule has 1 rings (SSSR count). The number of carbonyl (C=O) groups excluding carboxylic acids is 2. The van der Waals surface area contributed by atoms with Gasteiger partial charge in [0.25, 0.3) is 0 Å². The fourth-order valence-corrected chi connectivity index (χ4v) is 1.70. The Morgan fingerprint density at radius 1 is 1.35 bits per heavy atom. The van der Waals surface area contributed by atoms with E-state index in [0.29, 0.717) is 19.6 Å². The monoisotopic (exact) mass is 242 g/mol. The number of rotatable bonds is 4. The molecule has 17 heavy (non-hydrogen) atoms. The van der Waals surface area contributed by atoms with Crippen LogP contribution in [0.15, 0.2) is 0 Å². The van der Waals surface area contributed by atoms with Gasteiger partial charge in [-0.25, -0.2) is 4.79 Å². The van der Waals surface area contributed by atoms with Crippen molar-refractivity contribution in [2.45, 2.75) is 13.3 Å². The number of piperazine rings is 1. The van der Waals surface area contributed by atoms with Crippen molar-refractivity contribution in [2.24, 2.45) is 0 Å². The number of hydrogen-bond acceptors (Lipinski definition) is 3. The van der Waals surface area contributed by atoms with Crippen LogP contribution in [-0.4, -0.2) is 68.1 Å². The van der Waals surface area contributed by atoms with E-state index in [2.05, 4.69) is 10.6 Å². The summed E-state index contributed by atoms with van der Waals surface area (Å²) in [7, 11) is 1.66. The first kappa shape index (κ1) is 13.8. The molecule has 1 saturated heterocycles. The van der Waals surface area contributed by atoms with Gasteiger partial charge >= 0.3 is 6.03 Å². The zero-order valence-corrected chi connectivity index (χ0v) is 10.7. The van der Waals surface area contributed by atoms with Crippen molar-refractivity contribution in [3.63, 3.8) is 0 Å². The van der Waals surface area contributed by atoms with Crippen LogP contribution < -0.4 is 10.6 Å². The van der Waals surface area contributed by atoms with Gasteiger partial charge in [0.2, 0.25) is 5.91 Å². The van der Waals surface area contributed by atoms with E-state index in [1.807, 2.05) is 6.92 Å². The van der Waals surface area contributed by atoms with Crippen molar-refractivity contribution in [1.82, 2.24) is 20.4 Å². The molecular weight excluding hydrogens is 220 g/mol. The van der Waals surface area contributed by atoms with Gasteiger partial charge in [-0.3, -0.25) is 4.79 Å². The summed E-state index contributed by atoms with van der Waals surface area (Å²) in [5.41, 5.74) is 0. The fourth-order valence-electron chi connectivity index (χ4n) is 1.70. The third-order valence-electron chi connectivity index (χ3n) is 2.67. The molecular formula is C11H22N4O2. The van der Waals surface area contributed by atoms with Gasteiger partial charge in [0.1, 0.15) is 6.54 Å². The van der Waals surface area contributed by atoms with Crippen LogP contribution in [0.3, 0.4) is 0 Å². The van der Waals surface area contributed by atoms with Gasteiger partial charge in [0.15, 0.2) is 0 Å². The summed E-state index contributed by atoms with van der Waals surface area (Å²) in [5, 5.41) is 5.94. The van der Waals surface area contributed by atoms with Crippen LogP contribution in [0.1, 0.15) is 13.3 Å². The van der Waals surface area contributed by atoms with E-state index in [1.54, 1.807) is 11.9 Å². The minimum absolute atomic E-state index is 0.0712. The number of likely N-dealkylation sites (N-methyl/N-ethyl adjacent to an activating group) is 1. The molecule has 2 N–H and O–H groups in total. The van der Waals surface area contributed by atoms with Gasteiger partial charge in [-0.05, 0) is 6.42 Å². The lowest BCUT2D eigenvalue weighted by Crippen LogP contribution is -2.52. The maximum Gasteiger partial charge on any atom is 0.320 e. The van der Waals surface area contributed by atoms with Crippen molar-refractivity contribution in [2.75, 3.05) is 46.3 Å². The number of nitrogens with one attached hydrogen (secondary N) is 2. The molecule has 3 amide bonds. The second kappa shape index (κ2) is 7.11. The summed E-state index contributed by atoms with van der Waals surface area (Å²) in [5.74, 6) is -0.0992. The minimum atomic E-state index is -0.0992. The molecule has 1 aliphatic heterocycles. The Bertz CT molecular complexity index is 264. The molecule has 1 fully saturated rings. The van der Waals surface area contributed by atoms with Crippen LogP contribution in [0, 0.1) is 0 Å². The lowest BCUT2D eigenvalue weighted by molar-refractivity contribution is -0.121. The van der Waals surface area contributed by atoms with E-state index in [0.717, 1.165) is 19.5 Å². The summed E-state index contributed by atoms with van der Waals surface area (Å²) < 4.78 is 0. The molecule has 0 aromatic carbocycles. The second-order valence-electron chi connectivity index (χ2n) is 4.23. The van der Waals surface area contributed by atoms with Crippen LogP contribution in [0.25, 0.3) is 0 Å². The SMILES string of the molecule is CCCNC(=O)CN(C)C(=O)N1CCNCC1. The molecule has 6 heteroatoms. The van der Waals surface area contributed by atoms with Gasteiger partial charge in [0, 0.05) is 39.8 Å². The summed E-state index contributed by atoms with van der Waals surface area (Å²) in [6.07, 6.45) is 0.904. The quantitative estimate of drug-likeness (QED) is 0.696.